The van der Waals surface area contributed by atoms with E-state index in [4.69, 9.17) is 15.7 Å². The van der Waals surface area contributed by atoms with Crippen molar-refractivity contribution in [1.29, 1.82) is 5.26 Å². The maximum Gasteiger partial charge on any atom is 0.310 e. The predicted molar refractivity (Wildman–Crippen MR) is 64.3 cm³/mol. The highest BCUT2D eigenvalue weighted by Crippen LogP contribution is 2.28. The molecular formula is C13H14F2N2O2. The number of nitriles is 1. The summed E-state index contributed by atoms with van der Waals surface area (Å²) in [5, 5.41) is 9.08. The molecule has 0 aliphatic carbocycles. The molecular weight excluding hydrogens is 254 g/mol. The van der Waals surface area contributed by atoms with Crippen LogP contribution in [0.3, 0.4) is 0 Å². The van der Waals surface area contributed by atoms with Crippen molar-refractivity contribution in [2.45, 2.75) is 26.3 Å². The van der Waals surface area contributed by atoms with Crippen molar-refractivity contribution in [2.24, 2.45) is 5.73 Å². The molecule has 0 spiro atoms. The first kappa shape index (κ1) is 15.1. The standard InChI is InChI=1S/C13H14F2N2O2/c1-2-19-12(18)5-10-9(13(14)15)4-3-8(6-16)11(10)7-17/h3-4,13H,2,5-6,16H2,1H3. The number of rotatable bonds is 5. The molecule has 19 heavy (non-hydrogen) atoms. The number of nitrogens with zero attached hydrogens (tertiary/aromatic N) is 1. The van der Waals surface area contributed by atoms with Crippen LogP contribution in [0.2, 0.25) is 0 Å². The summed E-state index contributed by atoms with van der Waals surface area (Å²) in [6.07, 6.45) is -3.12. The molecule has 0 heterocycles. The molecule has 0 aromatic heterocycles. The van der Waals surface area contributed by atoms with E-state index < -0.39 is 12.4 Å². The van der Waals surface area contributed by atoms with E-state index in [1.54, 1.807) is 6.92 Å². The molecule has 1 aromatic carbocycles. The van der Waals surface area contributed by atoms with Crippen molar-refractivity contribution < 1.29 is 18.3 Å². The van der Waals surface area contributed by atoms with Crippen molar-refractivity contribution >= 4 is 5.97 Å². The number of hydrogen-bond donors (Lipinski definition) is 1. The molecule has 0 fully saturated rings. The third-order valence-electron chi connectivity index (χ3n) is 2.63. The summed E-state index contributed by atoms with van der Waals surface area (Å²) in [6, 6.07) is 4.42. The third-order valence-corrected chi connectivity index (χ3v) is 2.63. The Kier molecular flexibility index (Phi) is 5.39. The molecule has 0 atom stereocenters. The van der Waals surface area contributed by atoms with Crippen LogP contribution in [-0.2, 0) is 22.5 Å². The van der Waals surface area contributed by atoms with Gasteiger partial charge in [-0.2, -0.15) is 5.26 Å². The van der Waals surface area contributed by atoms with Crippen LogP contribution in [-0.4, -0.2) is 12.6 Å². The molecule has 0 aliphatic rings. The highest BCUT2D eigenvalue weighted by Gasteiger charge is 2.21. The van der Waals surface area contributed by atoms with Gasteiger partial charge in [-0.15, -0.1) is 0 Å². The zero-order valence-electron chi connectivity index (χ0n) is 10.5. The van der Waals surface area contributed by atoms with E-state index >= 15 is 0 Å². The van der Waals surface area contributed by atoms with Gasteiger partial charge in [-0.25, -0.2) is 8.78 Å². The van der Waals surface area contributed by atoms with Gasteiger partial charge in [-0.05, 0) is 18.1 Å². The molecule has 0 unspecified atom stereocenters. The average Bonchev–Trinajstić information content (AvgIpc) is 2.37. The van der Waals surface area contributed by atoms with E-state index in [1.165, 1.54) is 12.1 Å². The second-order valence-corrected chi connectivity index (χ2v) is 3.77. The Balaban J connectivity index is 3.30. The monoisotopic (exact) mass is 268 g/mol. The summed E-state index contributed by atoms with van der Waals surface area (Å²) >= 11 is 0. The zero-order chi connectivity index (χ0) is 14.4. The van der Waals surface area contributed by atoms with Crippen LogP contribution < -0.4 is 5.73 Å². The smallest absolute Gasteiger partial charge is 0.310 e. The van der Waals surface area contributed by atoms with E-state index in [9.17, 15) is 13.6 Å². The molecule has 6 heteroatoms. The maximum atomic E-state index is 12.9. The van der Waals surface area contributed by atoms with Crippen LogP contribution >= 0.6 is 0 Å². The van der Waals surface area contributed by atoms with Gasteiger partial charge in [0.1, 0.15) is 0 Å². The van der Waals surface area contributed by atoms with Crippen molar-refractivity contribution in [3.05, 3.63) is 34.4 Å². The lowest BCUT2D eigenvalue weighted by atomic mass is 9.94. The Labute approximate surface area is 109 Å². The second-order valence-electron chi connectivity index (χ2n) is 3.77. The Bertz CT molecular complexity index is 510. The van der Waals surface area contributed by atoms with Gasteiger partial charge in [-0.1, -0.05) is 12.1 Å². The van der Waals surface area contributed by atoms with Crippen LogP contribution in [0.5, 0.6) is 0 Å². The molecule has 0 bridgehead atoms. The van der Waals surface area contributed by atoms with E-state index in [0.29, 0.717) is 5.56 Å². The Hall–Kier alpha value is -2.00. The van der Waals surface area contributed by atoms with Gasteiger partial charge in [-0.3, -0.25) is 4.79 Å². The number of carbonyl (C=O) groups excluding carboxylic acids is 1. The van der Waals surface area contributed by atoms with E-state index in [0.717, 1.165) is 0 Å². The lowest BCUT2D eigenvalue weighted by Crippen LogP contribution is -2.13. The molecule has 0 amide bonds. The van der Waals surface area contributed by atoms with Crippen molar-refractivity contribution in [2.75, 3.05) is 6.61 Å². The topological polar surface area (TPSA) is 76.1 Å². The Morgan fingerprint density at radius 1 is 1.53 bits per heavy atom. The summed E-state index contributed by atoms with van der Waals surface area (Å²) in [4.78, 5) is 11.4. The van der Waals surface area contributed by atoms with Crippen LogP contribution in [0, 0.1) is 11.3 Å². The summed E-state index contributed by atoms with van der Waals surface area (Å²) in [5.41, 5.74) is 5.60. The van der Waals surface area contributed by atoms with Crippen LogP contribution in [0.15, 0.2) is 12.1 Å². The first-order valence-corrected chi connectivity index (χ1v) is 5.73. The first-order valence-electron chi connectivity index (χ1n) is 5.73. The number of hydrogen-bond acceptors (Lipinski definition) is 4. The first-order chi connectivity index (χ1) is 9.04. The number of esters is 1. The van der Waals surface area contributed by atoms with Crippen LogP contribution in [0.25, 0.3) is 0 Å². The van der Waals surface area contributed by atoms with E-state index in [1.807, 2.05) is 6.07 Å². The summed E-state index contributed by atoms with van der Waals surface area (Å²) in [6.45, 7) is 1.82. The van der Waals surface area contributed by atoms with Gasteiger partial charge in [0.2, 0.25) is 0 Å². The van der Waals surface area contributed by atoms with Crippen LogP contribution in [0.1, 0.15) is 35.6 Å². The molecule has 0 saturated heterocycles. The van der Waals surface area contributed by atoms with E-state index in [-0.39, 0.29) is 36.3 Å². The highest BCUT2D eigenvalue weighted by atomic mass is 19.3. The molecule has 4 nitrogen and oxygen atoms in total. The largest absolute Gasteiger partial charge is 0.466 e. The van der Waals surface area contributed by atoms with Crippen molar-refractivity contribution in [3.8, 4) is 6.07 Å². The number of carbonyl (C=O) groups is 1. The van der Waals surface area contributed by atoms with Gasteiger partial charge >= 0.3 is 5.97 Å². The molecule has 2 N–H and O–H groups in total. The molecule has 102 valence electrons. The van der Waals surface area contributed by atoms with Crippen molar-refractivity contribution in [3.63, 3.8) is 0 Å². The normalized spacial score (nSPS) is 10.3. The van der Waals surface area contributed by atoms with Gasteiger partial charge in [0.05, 0.1) is 24.7 Å². The van der Waals surface area contributed by atoms with Gasteiger partial charge in [0.25, 0.3) is 6.43 Å². The molecule has 0 aliphatic heterocycles. The number of benzene rings is 1. The van der Waals surface area contributed by atoms with Crippen LogP contribution in [0.4, 0.5) is 8.78 Å². The Morgan fingerprint density at radius 3 is 2.68 bits per heavy atom. The second kappa shape index (κ2) is 6.81. The average molecular weight is 268 g/mol. The summed E-state index contributed by atoms with van der Waals surface area (Å²) in [7, 11) is 0. The summed E-state index contributed by atoms with van der Waals surface area (Å²) < 4.78 is 30.6. The molecule has 1 aromatic rings. The fourth-order valence-corrected chi connectivity index (χ4v) is 1.77. The molecule has 0 radical (unpaired) electrons. The Morgan fingerprint density at radius 2 is 2.21 bits per heavy atom. The SMILES string of the molecule is CCOC(=O)Cc1c(C(F)F)ccc(CN)c1C#N. The summed E-state index contributed by atoms with van der Waals surface area (Å²) in [5.74, 6) is -0.643. The maximum absolute atomic E-state index is 12.9. The number of ether oxygens (including phenoxy) is 1. The molecule has 0 saturated carbocycles. The minimum Gasteiger partial charge on any atom is -0.466 e. The van der Waals surface area contributed by atoms with Gasteiger partial charge in [0.15, 0.2) is 0 Å². The van der Waals surface area contributed by atoms with E-state index in [2.05, 4.69) is 0 Å². The highest BCUT2D eigenvalue weighted by molar-refractivity contribution is 5.74. The predicted octanol–water partition coefficient (Wildman–Crippen LogP) is 2.06. The third kappa shape index (κ3) is 3.48. The fraction of sp³-hybridized carbons (Fsp3) is 0.385. The minimum absolute atomic E-state index is 0.00102. The number of nitrogens with two attached hydrogens (primary N) is 1. The lowest BCUT2D eigenvalue weighted by molar-refractivity contribution is -0.142. The lowest BCUT2D eigenvalue weighted by Gasteiger charge is -2.13. The number of halogens is 2. The fourth-order valence-electron chi connectivity index (χ4n) is 1.77. The van der Waals surface area contributed by atoms with Gasteiger partial charge in [0, 0.05) is 12.1 Å². The number of alkyl halides is 2. The minimum atomic E-state index is -2.76. The van der Waals surface area contributed by atoms with Crippen molar-refractivity contribution in [1.82, 2.24) is 0 Å². The van der Waals surface area contributed by atoms with Gasteiger partial charge < -0.3 is 10.5 Å². The quantitative estimate of drug-likeness (QED) is 0.829. The zero-order valence-corrected chi connectivity index (χ0v) is 10.5. The molecule has 1 rings (SSSR count).